The Balaban J connectivity index is 1.55. The van der Waals surface area contributed by atoms with Crippen molar-refractivity contribution in [2.24, 2.45) is 0 Å². The van der Waals surface area contributed by atoms with Gasteiger partial charge in [-0.3, -0.25) is 14.6 Å². The molecule has 1 amide bonds. The third-order valence-corrected chi connectivity index (χ3v) is 5.10. The third-order valence-electron chi connectivity index (χ3n) is 5.10. The van der Waals surface area contributed by atoms with Crippen LogP contribution in [0.15, 0.2) is 55.4 Å². The van der Waals surface area contributed by atoms with Gasteiger partial charge in [0.2, 0.25) is 5.91 Å². The Morgan fingerprint density at radius 2 is 2.00 bits per heavy atom. The molecule has 0 aliphatic rings. The summed E-state index contributed by atoms with van der Waals surface area (Å²) < 4.78 is 15.7. The summed E-state index contributed by atoms with van der Waals surface area (Å²) in [6.45, 7) is 3.99. The Labute approximate surface area is 188 Å². The molecule has 9 heteroatoms. The van der Waals surface area contributed by atoms with Crippen molar-refractivity contribution in [1.82, 2.24) is 19.5 Å². The number of rotatable bonds is 6. The number of nitriles is 1. The zero-order valence-electron chi connectivity index (χ0n) is 17.9. The predicted molar refractivity (Wildman–Crippen MR) is 119 cm³/mol. The molecule has 164 valence electrons. The first-order valence-corrected chi connectivity index (χ1v) is 10.2. The number of amides is 1. The summed E-state index contributed by atoms with van der Waals surface area (Å²) in [5, 5.41) is 12.1. The van der Waals surface area contributed by atoms with Crippen LogP contribution >= 0.6 is 0 Å². The second kappa shape index (κ2) is 8.96. The maximum atomic E-state index is 13.8. The predicted octanol–water partition coefficient (Wildman–Crippen LogP) is 3.83. The number of carbonyl (C=O) groups excluding carboxylic acids is 2. The van der Waals surface area contributed by atoms with E-state index in [2.05, 4.69) is 20.3 Å². The van der Waals surface area contributed by atoms with E-state index < -0.39 is 11.7 Å². The van der Waals surface area contributed by atoms with Crippen molar-refractivity contribution < 1.29 is 14.0 Å². The lowest BCUT2D eigenvalue weighted by atomic mass is 10.1. The summed E-state index contributed by atoms with van der Waals surface area (Å²) in [7, 11) is 0. The highest BCUT2D eigenvalue weighted by Crippen LogP contribution is 2.25. The normalized spacial score (nSPS) is 10.9. The molecule has 1 N–H and O–H groups in total. The number of aromatic nitrogens is 4. The van der Waals surface area contributed by atoms with Crippen molar-refractivity contribution in [3.63, 3.8) is 0 Å². The van der Waals surface area contributed by atoms with E-state index in [0.29, 0.717) is 33.4 Å². The molecule has 33 heavy (non-hydrogen) atoms. The number of hydrogen-bond acceptors (Lipinski definition) is 6. The highest BCUT2D eigenvalue weighted by Gasteiger charge is 2.20. The van der Waals surface area contributed by atoms with E-state index in [1.54, 1.807) is 18.5 Å². The maximum Gasteiger partial charge on any atom is 0.228 e. The van der Waals surface area contributed by atoms with Gasteiger partial charge in [0.1, 0.15) is 23.9 Å². The first kappa shape index (κ1) is 21.8. The van der Waals surface area contributed by atoms with Crippen LogP contribution in [0.5, 0.6) is 0 Å². The van der Waals surface area contributed by atoms with Gasteiger partial charge >= 0.3 is 0 Å². The average molecular weight is 442 g/mol. The molecule has 0 atom stereocenters. The van der Waals surface area contributed by atoms with Crippen LogP contribution < -0.4 is 5.32 Å². The number of ketones is 1. The van der Waals surface area contributed by atoms with Gasteiger partial charge in [-0.1, -0.05) is 6.07 Å². The lowest BCUT2D eigenvalue weighted by Gasteiger charge is -2.07. The van der Waals surface area contributed by atoms with Crippen LogP contribution in [0.4, 0.5) is 10.1 Å². The van der Waals surface area contributed by atoms with E-state index >= 15 is 0 Å². The molecule has 8 nitrogen and oxygen atoms in total. The van der Waals surface area contributed by atoms with Gasteiger partial charge in [-0.15, -0.1) is 0 Å². The largest absolute Gasteiger partial charge is 0.329 e. The number of hydrogen-bond donors (Lipinski definition) is 1. The molecule has 4 aromatic rings. The van der Waals surface area contributed by atoms with Crippen molar-refractivity contribution in [1.29, 1.82) is 5.26 Å². The number of benzene rings is 1. The topological polar surface area (TPSA) is 114 Å². The van der Waals surface area contributed by atoms with E-state index in [1.165, 1.54) is 36.9 Å². The number of halogens is 1. The van der Waals surface area contributed by atoms with Crippen LogP contribution in [-0.4, -0.2) is 31.2 Å². The van der Waals surface area contributed by atoms with E-state index in [4.69, 9.17) is 5.26 Å². The van der Waals surface area contributed by atoms with Crippen LogP contribution in [0.3, 0.4) is 0 Å². The van der Waals surface area contributed by atoms with E-state index in [0.717, 1.165) is 6.07 Å². The molecule has 0 aliphatic carbocycles. The van der Waals surface area contributed by atoms with Gasteiger partial charge in [0.05, 0.1) is 29.4 Å². The molecule has 0 spiro atoms. The Kier molecular flexibility index (Phi) is 5.91. The van der Waals surface area contributed by atoms with Gasteiger partial charge in [-0.25, -0.2) is 14.4 Å². The molecule has 0 fully saturated rings. The summed E-state index contributed by atoms with van der Waals surface area (Å²) in [6.07, 6.45) is 7.54. The minimum atomic E-state index is -0.679. The summed E-state index contributed by atoms with van der Waals surface area (Å²) in [6, 6.07) is 7.38. The van der Waals surface area contributed by atoms with Gasteiger partial charge in [-0.2, -0.15) is 5.26 Å². The van der Waals surface area contributed by atoms with Crippen molar-refractivity contribution in [3.05, 3.63) is 83.5 Å². The fraction of sp³-hybridized carbons (Fsp3) is 0.167. The number of anilines is 1. The highest BCUT2D eigenvalue weighted by molar-refractivity contribution is 6.16. The summed E-state index contributed by atoms with van der Waals surface area (Å²) >= 11 is 0. The van der Waals surface area contributed by atoms with Gasteiger partial charge in [0.15, 0.2) is 5.78 Å². The zero-order chi connectivity index (χ0) is 23.5. The van der Waals surface area contributed by atoms with Crippen LogP contribution in [0.1, 0.15) is 46.9 Å². The maximum absolute atomic E-state index is 13.8. The number of pyridine rings is 1. The second-order valence-electron chi connectivity index (χ2n) is 7.75. The first-order chi connectivity index (χ1) is 15.9. The zero-order valence-corrected chi connectivity index (χ0v) is 17.9. The van der Waals surface area contributed by atoms with Gasteiger partial charge in [0, 0.05) is 35.6 Å². The van der Waals surface area contributed by atoms with E-state index in [-0.39, 0.29) is 23.8 Å². The van der Waals surface area contributed by atoms with E-state index in [9.17, 15) is 14.0 Å². The molecule has 0 saturated carbocycles. The molecular weight excluding hydrogens is 423 g/mol. The van der Waals surface area contributed by atoms with Crippen LogP contribution in [0.2, 0.25) is 0 Å². The fourth-order valence-corrected chi connectivity index (χ4v) is 3.50. The second-order valence-corrected chi connectivity index (χ2v) is 7.75. The lowest BCUT2D eigenvalue weighted by molar-refractivity contribution is -0.115. The van der Waals surface area contributed by atoms with Gasteiger partial charge in [-0.05, 0) is 37.6 Å². The summed E-state index contributed by atoms with van der Waals surface area (Å²) in [5.74, 6) is -1.36. The van der Waals surface area contributed by atoms with Gasteiger partial charge < -0.3 is 9.88 Å². The first-order valence-electron chi connectivity index (χ1n) is 10.2. The molecular formula is C24H19FN6O2. The fourth-order valence-electron chi connectivity index (χ4n) is 3.50. The number of nitrogens with zero attached hydrogens (tertiary/aromatic N) is 5. The van der Waals surface area contributed by atoms with Crippen molar-refractivity contribution in [3.8, 4) is 6.07 Å². The van der Waals surface area contributed by atoms with Crippen LogP contribution in [0, 0.1) is 17.1 Å². The van der Waals surface area contributed by atoms with Crippen LogP contribution in [-0.2, 0) is 11.2 Å². The van der Waals surface area contributed by atoms with E-state index in [1.807, 2.05) is 18.4 Å². The number of fused-ring (bicyclic) bond motifs is 1. The smallest absolute Gasteiger partial charge is 0.228 e. The molecule has 0 radical (unpaired) electrons. The van der Waals surface area contributed by atoms with Crippen molar-refractivity contribution in [2.75, 3.05) is 5.32 Å². The van der Waals surface area contributed by atoms with Gasteiger partial charge in [0.25, 0.3) is 0 Å². The SMILES string of the molecule is CC(C)n1cc(C(=O)c2cncc(NC(=O)Cc3ccc(C#N)c(F)c3)c2)c2cncnc21. The molecule has 3 heterocycles. The quantitative estimate of drug-likeness (QED) is 0.454. The molecule has 0 bridgehead atoms. The molecule has 0 unspecified atom stereocenters. The average Bonchev–Trinajstić information content (AvgIpc) is 3.19. The standard InChI is InChI=1S/C24H19FN6O2/c1-14(2)31-12-20(19-11-28-13-29-24(19)31)23(33)17-7-18(10-27-9-17)30-22(32)6-15-3-4-16(8-26)21(25)5-15/h3-5,7,9-14H,6H2,1-2H3,(H,30,32). The highest BCUT2D eigenvalue weighted by atomic mass is 19.1. The number of nitrogens with one attached hydrogen (secondary N) is 1. The number of carbonyl (C=O) groups is 2. The monoisotopic (exact) mass is 442 g/mol. The molecule has 0 saturated heterocycles. The molecule has 4 rings (SSSR count). The lowest BCUT2D eigenvalue weighted by Crippen LogP contribution is -2.15. The minimum absolute atomic E-state index is 0.0844. The summed E-state index contributed by atoms with van der Waals surface area (Å²) in [5.41, 5.74) is 2.07. The third kappa shape index (κ3) is 4.45. The van der Waals surface area contributed by atoms with Crippen molar-refractivity contribution in [2.45, 2.75) is 26.3 Å². The van der Waals surface area contributed by atoms with Crippen molar-refractivity contribution >= 4 is 28.4 Å². The molecule has 0 aliphatic heterocycles. The molecule has 1 aromatic carbocycles. The molecule has 3 aromatic heterocycles. The Hall–Kier alpha value is -4.45. The Morgan fingerprint density at radius 3 is 2.73 bits per heavy atom. The Bertz CT molecular complexity index is 1420. The Morgan fingerprint density at radius 1 is 1.18 bits per heavy atom. The van der Waals surface area contributed by atoms with Crippen LogP contribution in [0.25, 0.3) is 11.0 Å². The minimum Gasteiger partial charge on any atom is -0.329 e. The summed E-state index contributed by atoms with van der Waals surface area (Å²) in [4.78, 5) is 38.1.